The summed E-state index contributed by atoms with van der Waals surface area (Å²) in [6.45, 7) is 6.23. The quantitative estimate of drug-likeness (QED) is 0.938. The van der Waals surface area contributed by atoms with Crippen molar-refractivity contribution >= 4 is 0 Å². The second-order valence-corrected chi connectivity index (χ2v) is 5.86. The topological polar surface area (TPSA) is 24.5 Å². The van der Waals surface area contributed by atoms with Crippen molar-refractivity contribution in [1.82, 2.24) is 10.2 Å². The lowest BCUT2D eigenvalue weighted by Gasteiger charge is -2.37. The number of ether oxygens (including phenoxy) is 1. The van der Waals surface area contributed by atoms with Crippen molar-refractivity contribution in [3.63, 3.8) is 0 Å². The SMILES string of the molecule is COc1ccccc1C1CNCCN1Cc1ccccc1C. The minimum absolute atomic E-state index is 0.351. The Bertz CT molecular complexity index is 626. The summed E-state index contributed by atoms with van der Waals surface area (Å²) in [6, 6.07) is 17.4. The minimum Gasteiger partial charge on any atom is -0.496 e. The number of piperazine rings is 1. The molecule has 1 saturated heterocycles. The average Bonchev–Trinajstić information content (AvgIpc) is 2.57. The van der Waals surface area contributed by atoms with Gasteiger partial charge in [-0.05, 0) is 24.1 Å². The molecule has 2 aromatic carbocycles. The van der Waals surface area contributed by atoms with E-state index in [1.54, 1.807) is 7.11 Å². The monoisotopic (exact) mass is 296 g/mol. The van der Waals surface area contributed by atoms with E-state index >= 15 is 0 Å². The van der Waals surface area contributed by atoms with Gasteiger partial charge in [-0.1, -0.05) is 42.5 Å². The zero-order chi connectivity index (χ0) is 15.4. The van der Waals surface area contributed by atoms with Crippen LogP contribution in [0.5, 0.6) is 5.75 Å². The van der Waals surface area contributed by atoms with Crippen LogP contribution < -0.4 is 10.1 Å². The Balaban J connectivity index is 1.87. The molecule has 1 atom stereocenters. The Morgan fingerprint density at radius 3 is 2.73 bits per heavy atom. The molecule has 3 heteroatoms. The van der Waals surface area contributed by atoms with Gasteiger partial charge < -0.3 is 10.1 Å². The zero-order valence-electron chi connectivity index (χ0n) is 13.4. The molecular weight excluding hydrogens is 272 g/mol. The number of aryl methyl sites for hydroxylation is 1. The van der Waals surface area contributed by atoms with E-state index in [2.05, 4.69) is 59.6 Å². The molecule has 1 aliphatic rings. The van der Waals surface area contributed by atoms with E-state index in [4.69, 9.17) is 4.74 Å². The molecule has 0 saturated carbocycles. The Labute approximate surface area is 132 Å². The molecule has 116 valence electrons. The molecule has 0 aliphatic carbocycles. The summed E-state index contributed by atoms with van der Waals surface area (Å²) in [5, 5.41) is 3.52. The molecule has 0 spiro atoms. The van der Waals surface area contributed by atoms with Gasteiger partial charge in [0.05, 0.1) is 13.2 Å². The normalized spacial score (nSPS) is 19.1. The van der Waals surface area contributed by atoms with E-state index in [0.29, 0.717) is 6.04 Å². The average molecular weight is 296 g/mol. The van der Waals surface area contributed by atoms with Crippen molar-refractivity contribution in [3.05, 3.63) is 65.2 Å². The van der Waals surface area contributed by atoms with Gasteiger partial charge in [0.15, 0.2) is 0 Å². The van der Waals surface area contributed by atoms with Crippen LogP contribution in [0.3, 0.4) is 0 Å². The summed E-state index contributed by atoms with van der Waals surface area (Å²) in [7, 11) is 1.75. The van der Waals surface area contributed by atoms with Crippen LogP contribution in [0.4, 0.5) is 0 Å². The van der Waals surface area contributed by atoms with Crippen LogP contribution in [0.2, 0.25) is 0 Å². The van der Waals surface area contributed by atoms with Crippen molar-refractivity contribution in [3.8, 4) is 5.75 Å². The highest BCUT2D eigenvalue weighted by atomic mass is 16.5. The van der Waals surface area contributed by atoms with Crippen molar-refractivity contribution < 1.29 is 4.74 Å². The first-order valence-electron chi connectivity index (χ1n) is 7.92. The second-order valence-electron chi connectivity index (χ2n) is 5.86. The van der Waals surface area contributed by atoms with Crippen molar-refractivity contribution in [2.75, 3.05) is 26.7 Å². The van der Waals surface area contributed by atoms with E-state index in [1.165, 1.54) is 16.7 Å². The summed E-state index contributed by atoms with van der Waals surface area (Å²) in [4.78, 5) is 2.55. The van der Waals surface area contributed by atoms with Gasteiger partial charge in [0.1, 0.15) is 5.75 Å². The first kappa shape index (κ1) is 15.1. The third-order valence-corrected chi connectivity index (χ3v) is 4.49. The molecule has 0 radical (unpaired) electrons. The molecule has 3 nitrogen and oxygen atoms in total. The van der Waals surface area contributed by atoms with Gasteiger partial charge in [-0.15, -0.1) is 0 Å². The maximum absolute atomic E-state index is 5.57. The number of nitrogens with zero attached hydrogens (tertiary/aromatic N) is 1. The fourth-order valence-corrected chi connectivity index (χ4v) is 3.19. The standard InChI is InChI=1S/C19H24N2O/c1-15-7-3-4-8-16(15)14-21-12-11-20-13-18(21)17-9-5-6-10-19(17)22-2/h3-10,18,20H,11-14H2,1-2H3. The van der Waals surface area contributed by atoms with E-state index < -0.39 is 0 Å². The lowest BCUT2D eigenvalue weighted by atomic mass is 10.00. The van der Waals surface area contributed by atoms with Gasteiger partial charge in [-0.2, -0.15) is 0 Å². The zero-order valence-corrected chi connectivity index (χ0v) is 13.4. The smallest absolute Gasteiger partial charge is 0.123 e. The largest absolute Gasteiger partial charge is 0.496 e. The van der Waals surface area contributed by atoms with E-state index in [0.717, 1.165) is 31.9 Å². The third-order valence-electron chi connectivity index (χ3n) is 4.49. The van der Waals surface area contributed by atoms with Crippen molar-refractivity contribution in [2.24, 2.45) is 0 Å². The molecule has 1 fully saturated rings. The number of nitrogens with one attached hydrogen (secondary N) is 1. The molecule has 1 unspecified atom stereocenters. The first-order valence-corrected chi connectivity index (χ1v) is 7.92. The minimum atomic E-state index is 0.351. The third kappa shape index (κ3) is 3.16. The lowest BCUT2D eigenvalue weighted by molar-refractivity contribution is 0.151. The van der Waals surface area contributed by atoms with E-state index in [1.807, 2.05) is 6.07 Å². The maximum atomic E-state index is 5.57. The molecule has 2 aromatic rings. The summed E-state index contributed by atoms with van der Waals surface area (Å²) >= 11 is 0. The molecule has 1 N–H and O–H groups in total. The maximum Gasteiger partial charge on any atom is 0.123 e. The molecule has 0 aromatic heterocycles. The summed E-state index contributed by atoms with van der Waals surface area (Å²) < 4.78 is 5.57. The fraction of sp³-hybridized carbons (Fsp3) is 0.368. The molecule has 3 rings (SSSR count). The van der Waals surface area contributed by atoms with Crippen LogP contribution in [0.15, 0.2) is 48.5 Å². The predicted octanol–water partition coefficient (Wildman–Crippen LogP) is 3.15. The number of hydrogen-bond donors (Lipinski definition) is 1. The summed E-state index contributed by atoms with van der Waals surface area (Å²) in [5.41, 5.74) is 4.04. The molecule has 1 aliphatic heterocycles. The molecular formula is C19H24N2O. The number of para-hydroxylation sites is 1. The van der Waals surface area contributed by atoms with E-state index in [9.17, 15) is 0 Å². The van der Waals surface area contributed by atoms with Crippen molar-refractivity contribution in [1.29, 1.82) is 0 Å². The molecule has 22 heavy (non-hydrogen) atoms. The van der Waals surface area contributed by atoms with Crippen molar-refractivity contribution in [2.45, 2.75) is 19.5 Å². The highest BCUT2D eigenvalue weighted by Crippen LogP contribution is 2.31. The summed E-state index contributed by atoms with van der Waals surface area (Å²) in [5.74, 6) is 0.978. The second kappa shape index (κ2) is 6.95. The van der Waals surface area contributed by atoms with Crippen LogP contribution in [0.1, 0.15) is 22.7 Å². The van der Waals surface area contributed by atoms with Crippen LogP contribution in [0.25, 0.3) is 0 Å². The van der Waals surface area contributed by atoms with Crippen LogP contribution >= 0.6 is 0 Å². The Morgan fingerprint density at radius 2 is 1.91 bits per heavy atom. The van der Waals surface area contributed by atoms with E-state index in [-0.39, 0.29) is 0 Å². The van der Waals surface area contributed by atoms with Gasteiger partial charge in [-0.3, -0.25) is 4.90 Å². The highest BCUT2D eigenvalue weighted by molar-refractivity contribution is 5.37. The van der Waals surface area contributed by atoms with Gasteiger partial charge in [0.2, 0.25) is 0 Å². The number of methoxy groups -OCH3 is 1. The van der Waals surface area contributed by atoms with Gasteiger partial charge in [0, 0.05) is 31.7 Å². The Hall–Kier alpha value is -1.84. The number of rotatable bonds is 4. The highest BCUT2D eigenvalue weighted by Gasteiger charge is 2.26. The Morgan fingerprint density at radius 1 is 1.14 bits per heavy atom. The molecule has 1 heterocycles. The number of hydrogen-bond acceptors (Lipinski definition) is 3. The van der Waals surface area contributed by atoms with Gasteiger partial charge in [0.25, 0.3) is 0 Å². The molecule has 0 bridgehead atoms. The van der Waals surface area contributed by atoms with Crippen LogP contribution in [0, 0.1) is 6.92 Å². The van der Waals surface area contributed by atoms with Crippen LogP contribution in [-0.2, 0) is 6.54 Å². The number of benzene rings is 2. The van der Waals surface area contributed by atoms with Gasteiger partial charge in [-0.25, -0.2) is 0 Å². The summed E-state index contributed by atoms with van der Waals surface area (Å²) in [6.07, 6.45) is 0. The van der Waals surface area contributed by atoms with Crippen LogP contribution in [-0.4, -0.2) is 31.6 Å². The first-order chi connectivity index (χ1) is 10.8. The lowest BCUT2D eigenvalue weighted by Crippen LogP contribution is -2.45. The molecule has 0 amide bonds. The van der Waals surface area contributed by atoms with Gasteiger partial charge >= 0.3 is 0 Å². The fourth-order valence-electron chi connectivity index (χ4n) is 3.19. The predicted molar refractivity (Wildman–Crippen MR) is 90.2 cm³/mol. The Kier molecular flexibility index (Phi) is 4.76.